The fraction of sp³-hybridized carbons (Fsp3) is 0.529. The van der Waals surface area contributed by atoms with Crippen LogP contribution in [0, 0.1) is 6.92 Å². The predicted molar refractivity (Wildman–Crippen MR) is 89.9 cm³/mol. The van der Waals surface area contributed by atoms with Gasteiger partial charge >= 0.3 is 0 Å². The maximum Gasteiger partial charge on any atom is 0.216 e. The van der Waals surface area contributed by atoms with Gasteiger partial charge in [0.1, 0.15) is 6.04 Å². The van der Waals surface area contributed by atoms with E-state index in [4.69, 9.17) is 11.5 Å². The molecule has 1 aromatic carbocycles. The lowest BCUT2D eigenvalue weighted by atomic mass is 9.94. The first-order valence-corrected chi connectivity index (χ1v) is 8.15. The summed E-state index contributed by atoms with van der Waals surface area (Å²) < 4.78 is 0. The van der Waals surface area contributed by atoms with Gasteiger partial charge in [0.15, 0.2) is 6.29 Å². The molecule has 3 rings (SSSR count). The van der Waals surface area contributed by atoms with Crippen LogP contribution in [0.25, 0.3) is 0 Å². The Morgan fingerprint density at radius 3 is 2.65 bits per heavy atom. The quantitative estimate of drug-likeness (QED) is 0.476. The second-order valence-electron chi connectivity index (χ2n) is 6.52. The van der Waals surface area contributed by atoms with Crippen LogP contribution in [0.3, 0.4) is 0 Å². The van der Waals surface area contributed by atoms with Crippen LogP contribution in [0.2, 0.25) is 0 Å². The Morgan fingerprint density at radius 1 is 1.30 bits per heavy atom. The van der Waals surface area contributed by atoms with E-state index in [0.29, 0.717) is 24.2 Å². The van der Waals surface area contributed by atoms with Crippen molar-refractivity contribution in [1.29, 1.82) is 0 Å². The molecular formula is C17H24N4O2. The summed E-state index contributed by atoms with van der Waals surface area (Å²) in [5, 5.41) is 0. The number of hydrogen-bond donors (Lipinski definition) is 2. The topological polar surface area (TPSA) is 92.7 Å². The number of fused-ring (bicyclic) bond motifs is 1. The SMILES string of the molecule is Cc1c(N)c(N)cc2c1C(C(=O)C=O)N(CCN1CCCC1)C2. The number of aldehydes is 1. The number of hydrogen-bond acceptors (Lipinski definition) is 6. The maximum absolute atomic E-state index is 12.2. The standard InChI is InChI=1S/C17H24N4O2/c1-11-15-12(8-13(18)16(11)19)9-21(17(15)14(23)10-22)7-6-20-4-2-3-5-20/h8,10,17H,2-7,9,18-19H2,1H3. The van der Waals surface area contributed by atoms with E-state index in [0.717, 1.165) is 42.9 Å². The van der Waals surface area contributed by atoms with Gasteiger partial charge in [-0.25, -0.2) is 0 Å². The van der Waals surface area contributed by atoms with Gasteiger partial charge < -0.3 is 16.4 Å². The van der Waals surface area contributed by atoms with E-state index in [1.807, 2.05) is 13.0 Å². The van der Waals surface area contributed by atoms with Gasteiger partial charge in [0.25, 0.3) is 0 Å². The number of ketones is 1. The van der Waals surface area contributed by atoms with Crippen molar-refractivity contribution >= 4 is 23.4 Å². The van der Waals surface area contributed by atoms with Crippen molar-refractivity contribution in [2.45, 2.75) is 32.4 Å². The predicted octanol–water partition coefficient (Wildman–Crippen LogP) is 0.880. The molecule has 23 heavy (non-hydrogen) atoms. The maximum atomic E-state index is 12.2. The number of nitrogens with zero attached hydrogens (tertiary/aromatic N) is 2. The molecule has 0 amide bonds. The third kappa shape index (κ3) is 2.84. The number of anilines is 2. The minimum Gasteiger partial charge on any atom is -0.397 e. The first kappa shape index (κ1) is 16.0. The van der Waals surface area contributed by atoms with Crippen molar-refractivity contribution in [1.82, 2.24) is 9.80 Å². The lowest BCUT2D eigenvalue weighted by Crippen LogP contribution is -2.36. The average molecular weight is 316 g/mol. The average Bonchev–Trinajstić information content (AvgIpc) is 3.17. The van der Waals surface area contributed by atoms with Crippen molar-refractivity contribution in [3.05, 3.63) is 22.8 Å². The van der Waals surface area contributed by atoms with E-state index in [1.165, 1.54) is 12.8 Å². The molecule has 2 aliphatic heterocycles. The van der Waals surface area contributed by atoms with E-state index in [1.54, 1.807) is 0 Å². The van der Waals surface area contributed by atoms with Gasteiger partial charge in [-0.2, -0.15) is 0 Å². The first-order valence-electron chi connectivity index (χ1n) is 8.15. The van der Waals surface area contributed by atoms with Crippen LogP contribution >= 0.6 is 0 Å². The van der Waals surface area contributed by atoms with Crippen LogP contribution in [-0.2, 0) is 16.1 Å². The third-order valence-electron chi connectivity index (χ3n) is 5.09. The number of nitrogens with two attached hydrogens (primary N) is 2. The lowest BCUT2D eigenvalue weighted by molar-refractivity contribution is -0.133. The minimum absolute atomic E-state index is 0.405. The van der Waals surface area contributed by atoms with Crippen molar-refractivity contribution in [3.63, 3.8) is 0 Å². The zero-order chi connectivity index (χ0) is 16.6. The number of carbonyl (C=O) groups is 2. The first-order chi connectivity index (χ1) is 11.0. The minimum atomic E-state index is -0.520. The van der Waals surface area contributed by atoms with Crippen molar-refractivity contribution in [3.8, 4) is 0 Å². The highest BCUT2D eigenvalue weighted by Gasteiger charge is 2.37. The third-order valence-corrected chi connectivity index (χ3v) is 5.09. The molecule has 6 heteroatoms. The van der Waals surface area contributed by atoms with Gasteiger partial charge in [-0.3, -0.25) is 14.5 Å². The van der Waals surface area contributed by atoms with Crippen LogP contribution < -0.4 is 11.5 Å². The van der Waals surface area contributed by atoms with Gasteiger partial charge in [-0.15, -0.1) is 0 Å². The molecule has 1 unspecified atom stereocenters. The van der Waals surface area contributed by atoms with Crippen molar-refractivity contribution in [2.24, 2.45) is 0 Å². The monoisotopic (exact) mass is 316 g/mol. The lowest BCUT2D eigenvalue weighted by Gasteiger charge is -2.25. The molecule has 2 heterocycles. The van der Waals surface area contributed by atoms with Gasteiger partial charge in [0.05, 0.1) is 11.4 Å². The molecule has 0 aliphatic carbocycles. The van der Waals surface area contributed by atoms with E-state index in [-0.39, 0.29) is 0 Å². The molecule has 6 nitrogen and oxygen atoms in total. The molecule has 2 aliphatic rings. The van der Waals surface area contributed by atoms with E-state index >= 15 is 0 Å². The highest BCUT2D eigenvalue weighted by molar-refractivity contribution is 6.27. The summed E-state index contributed by atoms with van der Waals surface area (Å²) in [5.41, 5.74) is 15.7. The largest absolute Gasteiger partial charge is 0.397 e. The summed E-state index contributed by atoms with van der Waals surface area (Å²) in [6, 6.07) is 1.33. The second-order valence-corrected chi connectivity index (χ2v) is 6.52. The number of Topliss-reactive ketones (excluding diaryl/α,β-unsaturated/α-hetero) is 1. The number of nitrogen functional groups attached to an aromatic ring is 2. The Bertz CT molecular complexity index is 638. The fourth-order valence-corrected chi connectivity index (χ4v) is 3.82. The molecule has 0 saturated carbocycles. The van der Waals surface area contributed by atoms with Crippen LogP contribution in [0.15, 0.2) is 6.07 Å². The highest BCUT2D eigenvalue weighted by atomic mass is 16.2. The number of rotatable bonds is 5. The zero-order valence-electron chi connectivity index (χ0n) is 13.5. The van der Waals surface area contributed by atoms with Crippen molar-refractivity contribution < 1.29 is 9.59 Å². The highest BCUT2D eigenvalue weighted by Crippen LogP contribution is 2.40. The van der Waals surface area contributed by atoms with Gasteiger partial charge in [-0.1, -0.05) is 0 Å². The summed E-state index contributed by atoms with van der Waals surface area (Å²) in [4.78, 5) is 27.8. The molecule has 0 radical (unpaired) electrons. The number of likely N-dealkylation sites (tertiary alicyclic amines) is 1. The molecule has 1 fully saturated rings. The molecule has 1 aromatic rings. The molecule has 0 aromatic heterocycles. The molecule has 1 atom stereocenters. The Labute approximate surface area is 136 Å². The molecule has 1 saturated heterocycles. The number of benzene rings is 1. The van der Waals surface area contributed by atoms with E-state index in [2.05, 4.69) is 9.80 Å². The van der Waals surface area contributed by atoms with Gasteiger partial charge in [0, 0.05) is 19.6 Å². The van der Waals surface area contributed by atoms with Crippen LogP contribution in [0.4, 0.5) is 11.4 Å². The summed E-state index contributed by atoms with van der Waals surface area (Å²) in [6.45, 7) is 6.43. The Hall–Kier alpha value is -1.92. The molecule has 0 bridgehead atoms. The van der Waals surface area contributed by atoms with Gasteiger partial charge in [0.2, 0.25) is 5.78 Å². The summed E-state index contributed by atoms with van der Waals surface area (Å²) in [7, 11) is 0. The summed E-state index contributed by atoms with van der Waals surface area (Å²) in [6.07, 6.45) is 2.90. The van der Waals surface area contributed by atoms with Crippen LogP contribution in [0.5, 0.6) is 0 Å². The van der Waals surface area contributed by atoms with E-state index < -0.39 is 11.8 Å². The van der Waals surface area contributed by atoms with Gasteiger partial charge in [-0.05, 0) is 55.6 Å². The normalized spacial score (nSPS) is 21.5. The molecule has 0 spiro atoms. The smallest absolute Gasteiger partial charge is 0.216 e. The fourth-order valence-electron chi connectivity index (χ4n) is 3.82. The Kier molecular flexibility index (Phi) is 4.37. The summed E-state index contributed by atoms with van der Waals surface area (Å²) >= 11 is 0. The molecule has 4 N–H and O–H groups in total. The Balaban J connectivity index is 1.87. The second kappa shape index (κ2) is 6.29. The molecular weight excluding hydrogens is 292 g/mol. The van der Waals surface area contributed by atoms with Crippen LogP contribution in [0.1, 0.15) is 35.6 Å². The molecule has 124 valence electrons. The number of carbonyl (C=O) groups excluding carboxylic acids is 2. The zero-order valence-corrected chi connectivity index (χ0v) is 13.5. The Morgan fingerprint density at radius 2 is 2.00 bits per heavy atom. The van der Waals surface area contributed by atoms with Crippen molar-refractivity contribution in [2.75, 3.05) is 37.6 Å². The summed E-state index contributed by atoms with van der Waals surface area (Å²) in [5.74, 6) is -0.405. The van der Waals surface area contributed by atoms with E-state index in [9.17, 15) is 9.59 Å². The van der Waals surface area contributed by atoms with Crippen LogP contribution in [-0.4, -0.2) is 48.0 Å².